The standard InChI is InChI=1S/C49H30N2OS/c1-3-10-31(11-4-1)35-14-9-15-37(28-35)51(39-24-27-45-42(30-39)41-16-7-8-17-44(41)53-45)38-23-25-40-36(29-38)21-20-32-18-19-33-22-26-43-48(47(33)46(32)40)52-49(50-43)34-12-5-2-6-13-34/h1-30H. The van der Waals surface area contributed by atoms with E-state index in [-0.39, 0.29) is 0 Å². The van der Waals surface area contributed by atoms with E-state index in [0.717, 1.165) is 49.9 Å². The van der Waals surface area contributed by atoms with Gasteiger partial charge < -0.3 is 9.32 Å². The Morgan fingerprint density at radius 3 is 1.91 bits per heavy atom. The Morgan fingerprint density at radius 1 is 0.415 bits per heavy atom. The third-order valence-corrected chi connectivity index (χ3v) is 11.6. The molecule has 0 unspecified atom stereocenters. The zero-order chi connectivity index (χ0) is 34.9. The second-order valence-electron chi connectivity index (χ2n) is 13.6. The third-order valence-electron chi connectivity index (χ3n) is 10.4. The number of oxazole rings is 1. The molecular formula is C49H30N2OS. The molecule has 0 saturated carbocycles. The predicted molar refractivity (Wildman–Crippen MR) is 225 cm³/mol. The zero-order valence-electron chi connectivity index (χ0n) is 28.5. The van der Waals surface area contributed by atoms with Gasteiger partial charge >= 0.3 is 0 Å². The van der Waals surface area contributed by atoms with E-state index in [9.17, 15) is 0 Å². The van der Waals surface area contributed by atoms with Crippen LogP contribution in [0.3, 0.4) is 0 Å². The fraction of sp³-hybridized carbons (Fsp3) is 0. The molecule has 2 heterocycles. The van der Waals surface area contributed by atoms with Crippen LogP contribution in [0.15, 0.2) is 186 Å². The number of thiophene rings is 1. The van der Waals surface area contributed by atoms with Gasteiger partial charge in [0.2, 0.25) is 5.89 Å². The number of aromatic nitrogens is 1. The maximum absolute atomic E-state index is 6.59. The highest BCUT2D eigenvalue weighted by atomic mass is 32.1. The number of rotatable bonds is 5. The molecular weight excluding hydrogens is 665 g/mol. The Labute approximate surface area is 309 Å². The molecule has 0 saturated heterocycles. The summed E-state index contributed by atoms with van der Waals surface area (Å²) in [5, 5.41) is 9.48. The largest absolute Gasteiger partial charge is 0.435 e. The average molecular weight is 695 g/mol. The minimum Gasteiger partial charge on any atom is -0.435 e. The molecule has 2 aromatic heterocycles. The first kappa shape index (κ1) is 29.9. The zero-order valence-corrected chi connectivity index (χ0v) is 29.3. The number of hydrogen-bond acceptors (Lipinski definition) is 4. The molecule has 0 amide bonds. The minimum absolute atomic E-state index is 0.636. The van der Waals surface area contributed by atoms with Crippen molar-refractivity contribution in [2.45, 2.75) is 0 Å². The monoisotopic (exact) mass is 694 g/mol. The van der Waals surface area contributed by atoms with Crippen LogP contribution in [0.4, 0.5) is 17.1 Å². The van der Waals surface area contributed by atoms with Crippen molar-refractivity contribution in [1.82, 2.24) is 4.98 Å². The van der Waals surface area contributed by atoms with Crippen LogP contribution in [0.5, 0.6) is 0 Å². The van der Waals surface area contributed by atoms with E-state index in [4.69, 9.17) is 9.40 Å². The van der Waals surface area contributed by atoms with Crippen molar-refractivity contribution < 1.29 is 4.42 Å². The molecule has 0 aliphatic carbocycles. The Morgan fingerprint density at radius 2 is 1.06 bits per heavy atom. The van der Waals surface area contributed by atoms with Crippen LogP contribution >= 0.6 is 11.3 Å². The van der Waals surface area contributed by atoms with Gasteiger partial charge in [0.1, 0.15) is 5.52 Å². The summed E-state index contributed by atoms with van der Waals surface area (Å²) in [6.45, 7) is 0. The SMILES string of the molecule is c1ccc(-c2cccc(N(c3ccc4c(ccc5ccc6ccc7nc(-c8ccccc8)oc7c6c54)c3)c3ccc4sc5ccccc5c4c3)c2)cc1. The smallest absolute Gasteiger partial charge is 0.227 e. The second-order valence-corrected chi connectivity index (χ2v) is 14.6. The summed E-state index contributed by atoms with van der Waals surface area (Å²) in [5.41, 5.74) is 8.34. The third kappa shape index (κ3) is 4.91. The second kappa shape index (κ2) is 11.9. The van der Waals surface area contributed by atoms with Crippen molar-refractivity contribution >= 4 is 92.0 Å². The van der Waals surface area contributed by atoms with Gasteiger partial charge in [0.05, 0.1) is 0 Å². The summed E-state index contributed by atoms with van der Waals surface area (Å²) in [5.74, 6) is 0.636. The van der Waals surface area contributed by atoms with Gasteiger partial charge in [-0.2, -0.15) is 0 Å². The van der Waals surface area contributed by atoms with E-state index in [1.807, 2.05) is 41.7 Å². The van der Waals surface area contributed by atoms with Crippen molar-refractivity contribution in [3.8, 4) is 22.6 Å². The summed E-state index contributed by atoms with van der Waals surface area (Å²) in [6, 6.07) is 65.2. The first-order chi connectivity index (χ1) is 26.2. The highest BCUT2D eigenvalue weighted by Crippen LogP contribution is 2.44. The van der Waals surface area contributed by atoms with Gasteiger partial charge in [-0.3, -0.25) is 0 Å². The molecule has 4 heteroatoms. The molecule has 53 heavy (non-hydrogen) atoms. The van der Waals surface area contributed by atoms with Crippen LogP contribution < -0.4 is 4.90 Å². The number of benzene rings is 9. The van der Waals surface area contributed by atoms with E-state index >= 15 is 0 Å². The lowest BCUT2D eigenvalue weighted by molar-refractivity contribution is 0.623. The molecule has 11 rings (SSSR count). The maximum atomic E-state index is 6.59. The fourth-order valence-electron chi connectivity index (χ4n) is 7.93. The number of nitrogens with zero attached hydrogens (tertiary/aromatic N) is 2. The quantitative estimate of drug-likeness (QED) is 0.168. The van der Waals surface area contributed by atoms with E-state index in [1.54, 1.807) is 0 Å². The van der Waals surface area contributed by atoms with Gasteiger partial charge in [0.25, 0.3) is 0 Å². The van der Waals surface area contributed by atoms with Crippen molar-refractivity contribution in [2.75, 3.05) is 4.90 Å². The van der Waals surface area contributed by atoms with Gasteiger partial charge in [-0.15, -0.1) is 11.3 Å². The summed E-state index contributed by atoms with van der Waals surface area (Å²) < 4.78 is 9.19. The molecule has 0 aliphatic rings. The van der Waals surface area contributed by atoms with Gasteiger partial charge in [-0.25, -0.2) is 4.98 Å². The Kier molecular flexibility index (Phi) is 6.73. The molecule has 0 aliphatic heterocycles. The molecule has 3 nitrogen and oxygen atoms in total. The molecule has 9 aromatic carbocycles. The maximum Gasteiger partial charge on any atom is 0.227 e. The summed E-state index contributed by atoms with van der Waals surface area (Å²) in [4.78, 5) is 7.31. The van der Waals surface area contributed by atoms with Crippen LogP contribution in [-0.2, 0) is 0 Å². The van der Waals surface area contributed by atoms with E-state index in [1.165, 1.54) is 47.5 Å². The summed E-state index contributed by atoms with van der Waals surface area (Å²) in [7, 11) is 0. The number of fused-ring (bicyclic) bond motifs is 10. The molecule has 0 spiro atoms. The highest BCUT2D eigenvalue weighted by Gasteiger charge is 2.19. The van der Waals surface area contributed by atoms with Crippen molar-refractivity contribution in [3.05, 3.63) is 182 Å². The molecule has 0 bridgehead atoms. The molecule has 0 fully saturated rings. The average Bonchev–Trinajstić information content (AvgIpc) is 3.83. The summed E-state index contributed by atoms with van der Waals surface area (Å²) in [6.07, 6.45) is 0. The lowest BCUT2D eigenvalue weighted by Crippen LogP contribution is -2.10. The number of hydrogen-bond donors (Lipinski definition) is 0. The molecule has 11 aromatic rings. The minimum atomic E-state index is 0.636. The first-order valence-corrected chi connectivity index (χ1v) is 18.7. The van der Waals surface area contributed by atoms with Crippen molar-refractivity contribution in [2.24, 2.45) is 0 Å². The molecule has 0 radical (unpaired) electrons. The van der Waals surface area contributed by atoms with Crippen LogP contribution in [0.1, 0.15) is 0 Å². The molecule has 248 valence electrons. The van der Waals surface area contributed by atoms with E-state index in [0.29, 0.717) is 5.89 Å². The normalized spacial score (nSPS) is 11.8. The van der Waals surface area contributed by atoms with Crippen molar-refractivity contribution in [1.29, 1.82) is 0 Å². The topological polar surface area (TPSA) is 29.3 Å². The van der Waals surface area contributed by atoms with Gasteiger partial charge in [0.15, 0.2) is 5.58 Å². The predicted octanol–water partition coefficient (Wildman–Crippen LogP) is 14.5. The van der Waals surface area contributed by atoms with E-state index in [2.05, 4.69) is 157 Å². The van der Waals surface area contributed by atoms with Crippen LogP contribution in [-0.4, -0.2) is 4.98 Å². The Hall–Kier alpha value is -6.75. The molecule has 0 atom stereocenters. The van der Waals surface area contributed by atoms with Gasteiger partial charge in [-0.1, -0.05) is 115 Å². The van der Waals surface area contributed by atoms with Crippen molar-refractivity contribution in [3.63, 3.8) is 0 Å². The first-order valence-electron chi connectivity index (χ1n) is 17.9. The number of anilines is 3. The highest BCUT2D eigenvalue weighted by molar-refractivity contribution is 7.25. The van der Waals surface area contributed by atoms with Gasteiger partial charge in [-0.05, 0) is 99.4 Å². The van der Waals surface area contributed by atoms with Crippen LogP contribution in [0, 0.1) is 0 Å². The van der Waals surface area contributed by atoms with Crippen LogP contribution in [0.2, 0.25) is 0 Å². The fourth-order valence-corrected chi connectivity index (χ4v) is 9.02. The lowest BCUT2D eigenvalue weighted by Gasteiger charge is -2.27. The van der Waals surface area contributed by atoms with Gasteiger partial charge in [0, 0.05) is 53.6 Å². The van der Waals surface area contributed by atoms with E-state index < -0.39 is 0 Å². The summed E-state index contributed by atoms with van der Waals surface area (Å²) >= 11 is 1.85. The Bertz CT molecular complexity index is 3180. The Balaban J connectivity index is 1.13. The molecule has 0 N–H and O–H groups in total. The van der Waals surface area contributed by atoms with Crippen LogP contribution in [0.25, 0.3) is 86.2 Å². The lowest BCUT2D eigenvalue weighted by atomic mass is 9.95.